The van der Waals surface area contributed by atoms with Crippen LogP contribution >= 0.6 is 11.8 Å². The summed E-state index contributed by atoms with van der Waals surface area (Å²) < 4.78 is 16.1. The highest BCUT2D eigenvalue weighted by molar-refractivity contribution is 7.99. The highest BCUT2D eigenvalue weighted by Gasteiger charge is 2.19. The zero-order valence-electron chi connectivity index (χ0n) is 14.8. The van der Waals surface area contributed by atoms with Crippen molar-refractivity contribution in [3.63, 3.8) is 0 Å². The highest BCUT2D eigenvalue weighted by atomic mass is 32.2. The number of thioether (sulfide) groups is 1. The van der Waals surface area contributed by atoms with Gasteiger partial charge in [-0.15, -0.1) is 10.2 Å². The van der Waals surface area contributed by atoms with Crippen molar-refractivity contribution < 1.29 is 9.18 Å². The summed E-state index contributed by atoms with van der Waals surface area (Å²) in [5.74, 6) is 0.246. The van der Waals surface area contributed by atoms with E-state index in [4.69, 9.17) is 0 Å². The molecule has 0 N–H and O–H groups in total. The average Bonchev–Trinajstić information content (AvgIpc) is 3.04. The number of carbonyl (C=O) groups excluding carboxylic acids is 1. The summed E-state index contributed by atoms with van der Waals surface area (Å²) in [4.78, 5) is 13.5. The lowest BCUT2D eigenvalue weighted by Gasteiger charge is -2.12. The minimum absolute atomic E-state index is 0.0269. The van der Waals surface area contributed by atoms with E-state index in [1.54, 1.807) is 36.9 Å². The molecule has 5 nitrogen and oxygen atoms in total. The molecule has 1 aromatic heterocycles. The third kappa shape index (κ3) is 3.77. The number of hydrogen-bond donors (Lipinski definition) is 0. The maximum Gasteiger partial charge on any atom is 0.232 e. The predicted molar refractivity (Wildman–Crippen MR) is 101 cm³/mol. The van der Waals surface area contributed by atoms with Gasteiger partial charge in [-0.1, -0.05) is 41.6 Å². The second-order valence-electron chi connectivity index (χ2n) is 6.03. The van der Waals surface area contributed by atoms with E-state index < -0.39 is 0 Å². The molecule has 0 atom stereocenters. The Hall–Kier alpha value is -2.67. The molecular formula is C19H19FN4OS. The van der Waals surface area contributed by atoms with Crippen LogP contribution in [-0.2, 0) is 4.79 Å². The molecule has 3 rings (SSSR count). The van der Waals surface area contributed by atoms with Crippen LogP contribution in [0.25, 0.3) is 17.1 Å². The fraction of sp³-hybridized carbons (Fsp3) is 0.211. The van der Waals surface area contributed by atoms with E-state index in [0.29, 0.717) is 16.5 Å². The van der Waals surface area contributed by atoms with Crippen LogP contribution in [0.2, 0.25) is 0 Å². The summed E-state index contributed by atoms with van der Waals surface area (Å²) in [6, 6.07) is 14.3. The molecule has 0 spiro atoms. The van der Waals surface area contributed by atoms with Gasteiger partial charge in [0.15, 0.2) is 11.0 Å². The zero-order valence-corrected chi connectivity index (χ0v) is 15.6. The first kappa shape index (κ1) is 18.1. The molecule has 0 fully saturated rings. The van der Waals surface area contributed by atoms with Gasteiger partial charge in [0.05, 0.1) is 11.3 Å². The fourth-order valence-corrected chi connectivity index (χ4v) is 3.29. The van der Waals surface area contributed by atoms with Gasteiger partial charge < -0.3 is 4.90 Å². The van der Waals surface area contributed by atoms with Crippen molar-refractivity contribution in [2.45, 2.75) is 12.1 Å². The molecule has 1 amide bonds. The molecule has 7 heteroatoms. The van der Waals surface area contributed by atoms with E-state index in [1.807, 2.05) is 31.2 Å². The van der Waals surface area contributed by atoms with Gasteiger partial charge in [-0.3, -0.25) is 9.36 Å². The number of aryl methyl sites for hydroxylation is 1. The number of carbonyl (C=O) groups is 1. The fourth-order valence-electron chi connectivity index (χ4n) is 2.36. The van der Waals surface area contributed by atoms with Crippen LogP contribution in [0.4, 0.5) is 4.39 Å². The SMILES string of the molecule is Cc1ccc(-n2c(SCC(=O)N(C)C)nnc2-c2ccccc2F)cc1. The van der Waals surface area contributed by atoms with Crippen LogP contribution in [0.5, 0.6) is 0 Å². The van der Waals surface area contributed by atoms with Gasteiger partial charge in [0.1, 0.15) is 5.82 Å². The Bertz CT molecular complexity index is 922. The summed E-state index contributed by atoms with van der Waals surface area (Å²) in [6.45, 7) is 2.00. The van der Waals surface area contributed by atoms with E-state index in [-0.39, 0.29) is 17.5 Å². The summed E-state index contributed by atoms with van der Waals surface area (Å²) in [7, 11) is 3.41. The Balaban J connectivity index is 2.07. The van der Waals surface area contributed by atoms with Gasteiger partial charge in [-0.25, -0.2) is 4.39 Å². The summed E-state index contributed by atoms with van der Waals surface area (Å²) in [5, 5.41) is 8.94. The number of rotatable bonds is 5. The van der Waals surface area contributed by atoms with Crippen molar-refractivity contribution >= 4 is 17.7 Å². The van der Waals surface area contributed by atoms with Crippen molar-refractivity contribution in [3.8, 4) is 17.1 Å². The third-order valence-corrected chi connectivity index (χ3v) is 4.78. The van der Waals surface area contributed by atoms with Crippen LogP contribution in [0.3, 0.4) is 0 Å². The quantitative estimate of drug-likeness (QED) is 0.645. The monoisotopic (exact) mass is 370 g/mol. The number of hydrogen-bond acceptors (Lipinski definition) is 4. The maximum atomic E-state index is 14.3. The molecule has 0 unspecified atom stereocenters. The van der Waals surface area contributed by atoms with E-state index >= 15 is 0 Å². The normalized spacial score (nSPS) is 10.8. The molecular weight excluding hydrogens is 351 g/mol. The van der Waals surface area contributed by atoms with E-state index in [9.17, 15) is 9.18 Å². The van der Waals surface area contributed by atoms with Gasteiger partial charge in [0, 0.05) is 19.8 Å². The van der Waals surface area contributed by atoms with Crippen LogP contribution in [-0.4, -0.2) is 45.4 Å². The summed E-state index contributed by atoms with van der Waals surface area (Å²) >= 11 is 1.28. The summed E-state index contributed by atoms with van der Waals surface area (Å²) in [6.07, 6.45) is 0. The smallest absolute Gasteiger partial charge is 0.232 e. The van der Waals surface area contributed by atoms with E-state index in [0.717, 1.165) is 11.3 Å². The minimum atomic E-state index is -0.367. The Labute approximate surface area is 155 Å². The molecule has 0 aliphatic carbocycles. The lowest BCUT2D eigenvalue weighted by atomic mass is 10.2. The minimum Gasteiger partial charge on any atom is -0.348 e. The molecule has 2 aromatic carbocycles. The number of amides is 1. The van der Waals surface area contributed by atoms with Gasteiger partial charge in [-0.05, 0) is 31.2 Å². The average molecular weight is 370 g/mol. The second-order valence-corrected chi connectivity index (χ2v) is 6.98. The molecule has 0 saturated carbocycles. The molecule has 134 valence electrons. The van der Waals surface area contributed by atoms with Gasteiger partial charge >= 0.3 is 0 Å². The molecule has 0 saturated heterocycles. The topological polar surface area (TPSA) is 51.0 Å². The van der Waals surface area contributed by atoms with Crippen molar-refractivity contribution in [3.05, 3.63) is 59.9 Å². The number of aromatic nitrogens is 3. The van der Waals surface area contributed by atoms with Crippen molar-refractivity contribution in [1.29, 1.82) is 0 Å². The van der Waals surface area contributed by atoms with Crippen LogP contribution in [0, 0.1) is 12.7 Å². The lowest BCUT2D eigenvalue weighted by molar-refractivity contribution is -0.125. The number of benzene rings is 2. The molecule has 1 heterocycles. The number of halogens is 1. The lowest BCUT2D eigenvalue weighted by Crippen LogP contribution is -2.23. The maximum absolute atomic E-state index is 14.3. The van der Waals surface area contributed by atoms with Crippen LogP contribution < -0.4 is 0 Å². The van der Waals surface area contributed by atoms with E-state index in [2.05, 4.69) is 10.2 Å². The second kappa shape index (κ2) is 7.70. The standard InChI is InChI=1S/C19H19FN4OS/c1-13-8-10-14(11-9-13)24-18(15-6-4-5-7-16(15)20)21-22-19(24)26-12-17(25)23(2)3/h4-11H,12H2,1-3H3. The first-order valence-electron chi connectivity index (χ1n) is 8.07. The first-order valence-corrected chi connectivity index (χ1v) is 9.06. The zero-order chi connectivity index (χ0) is 18.7. The first-order chi connectivity index (χ1) is 12.5. The molecule has 26 heavy (non-hydrogen) atoms. The predicted octanol–water partition coefficient (Wildman–Crippen LogP) is 3.56. The Kier molecular flexibility index (Phi) is 5.37. The Morgan fingerprint density at radius 3 is 2.46 bits per heavy atom. The largest absolute Gasteiger partial charge is 0.348 e. The summed E-state index contributed by atoms with van der Waals surface area (Å²) in [5.41, 5.74) is 2.30. The molecule has 0 aliphatic rings. The molecule has 0 bridgehead atoms. The Morgan fingerprint density at radius 1 is 1.12 bits per heavy atom. The van der Waals surface area contributed by atoms with E-state index in [1.165, 1.54) is 22.7 Å². The molecule has 0 radical (unpaired) electrons. The Morgan fingerprint density at radius 2 is 1.81 bits per heavy atom. The van der Waals surface area contributed by atoms with Gasteiger partial charge in [0.2, 0.25) is 5.91 Å². The van der Waals surface area contributed by atoms with Crippen molar-refractivity contribution in [2.24, 2.45) is 0 Å². The molecule has 3 aromatic rings. The van der Waals surface area contributed by atoms with Crippen molar-refractivity contribution in [1.82, 2.24) is 19.7 Å². The van der Waals surface area contributed by atoms with Gasteiger partial charge in [0.25, 0.3) is 0 Å². The van der Waals surface area contributed by atoms with Crippen LogP contribution in [0.1, 0.15) is 5.56 Å². The van der Waals surface area contributed by atoms with Gasteiger partial charge in [-0.2, -0.15) is 0 Å². The highest BCUT2D eigenvalue weighted by Crippen LogP contribution is 2.29. The van der Waals surface area contributed by atoms with Crippen molar-refractivity contribution in [2.75, 3.05) is 19.8 Å². The third-order valence-electron chi connectivity index (χ3n) is 3.86. The number of nitrogens with zero attached hydrogens (tertiary/aromatic N) is 4. The van der Waals surface area contributed by atoms with Crippen LogP contribution in [0.15, 0.2) is 53.7 Å². The molecule has 0 aliphatic heterocycles.